The van der Waals surface area contributed by atoms with Crippen LogP contribution in [-0.4, -0.2) is 20.2 Å². The van der Waals surface area contributed by atoms with E-state index in [9.17, 15) is 0 Å². The Bertz CT molecular complexity index is 727. The summed E-state index contributed by atoms with van der Waals surface area (Å²) in [5.74, 6) is 0. The summed E-state index contributed by atoms with van der Waals surface area (Å²) in [6, 6.07) is 21.6. The zero-order chi connectivity index (χ0) is 16.2. The maximum absolute atomic E-state index is 4.32. The Labute approximate surface area is 146 Å². The Balaban J connectivity index is 1.67. The molecule has 0 N–H and O–H groups in total. The molecule has 0 radical (unpaired) electrons. The van der Waals surface area contributed by atoms with E-state index in [0.29, 0.717) is 6.04 Å². The van der Waals surface area contributed by atoms with E-state index < -0.39 is 0 Å². The number of hydrogen-bond donors (Lipinski definition) is 0. The molecule has 4 rings (SSSR count). The van der Waals surface area contributed by atoms with Gasteiger partial charge in [0.05, 0.1) is 11.3 Å². The molecule has 122 valence electrons. The summed E-state index contributed by atoms with van der Waals surface area (Å²) in [5, 5.41) is 13.6. The van der Waals surface area contributed by atoms with Crippen molar-refractivity contribution in [1.82, 2.24) is 20.2 Å². The summed E-state index contributed by atoms with van der Waals surface area (Å²) in [5.41, 5.74) is 2.55. The molecule has 5 heteroatoms. The largest absolute Gasteiger partial charge is 0.217 e. The van der Waals surface area contributed by atoms with Crippen molar-refractivity contribution in [1.29, 1.82) is 0 Å². The smallest absolute Gasteiger partial charge is 0.210 e. The van der Waals surface area contributed by atoms with E-state index in [1.165, 1.54) is 36.8 Å². The van der Waals surface area contributed by atoms with Crippen molar-refractivity contribution in [2.75, 3.05) is 0 Å². The van der Waals surface area contributed by atoms with Crippen LogP contribution in [0.2, 0.25) is 0 Å². The third-order valence-electron chi connectivity index (χ3n) is 4.56. The second kappa shape index (κ2) is 7.18. The minimum absolute atomic E-state index is 0.193. The lowest BCUT2D eigenvalue weighted by molar-refractivity contribution is 0.423. The van der Waals surface area contributed by atoms with Crippen molar-refractivity contribution >= 4 is 11.8 Å². The molecule has 3 aromatic rings. The van der Waals surface area contributed by atoms with Crippen molar-refractivity contribution in [2.24, 2.45) is 0 Å². The van der Waals surface area contributed by atoms with Gasteiger partial charge in [-0.1, -0.05) is 85.3 Å². The molecule has 0 atom stereocenters. The van der Waals surface area contributed by atoms with Crippen LogP contribution in [0.5, 0.6) is 0 Å². The molecule has 0 bridgehead atoms. The minimum atomic E-state index is 0.193. The fourth-order valence-corrected chi connectivity index (χ4v) is 4.51. The molecule has 24 heavy (non-hydrogen) atoms. The van der Waals surface area contributed by atoms with Gasteiger partial charge in [0.25, 0.3) is 0 Å². The highest BCUT2D eigenvalue weighted by molar-refractivity contribution is 7.99. The van der Waals surface area contributed by atoms with E-state index >= 15 is 0 Å². The van der Waals surface area contributed by atoms with E-state index in [-0.39, 0.29) is 5.25 Å². The van der Waals surface area contributed by atoms with E-state index in [2.05, 4.69) is 76.2 Å². The van der Waals surface area contributed by atoms with Gasteiger partial charge >= 0.3 is 0 Å². The summed E-state index contributed by atoms with van der Waals surface area (Å²) in [7, 11) is 0. The quantitative estimate of drug-likeness (QED) is 0.635. The van der Waals surface area contributed by atoms with E-state index in [1.807, 2.05) is 4.68 Å². The zero-order valence-electron chi connectivity index (χ0n) is 13.5. The predicted molar refractivity (Wildman–Crippen MR) is 95.9 cm³/mol. The first-order valence-corrected chi connectivity index (χ1v) is 9.34. The number of hydrogen-bond acceptors (Lipinski definition) is 4. The fourth-order valence-electron chi connectivity index (χ4n) is 3.33. The molecule has 0 aliphatic heterocycles. The predicted octanol–water partition coefficient (Wildman–Crippen LogP) is 4.67. The van der Waals surface area contributed by atoms with Gasteiger partial charge in [-0.2, -0.15) is 0 Å². The average Bonchev–Trinajstić information content (AvgIpc) is 3.32. The standard InChI is InChI=1S/C19H20N4S/c1-3-9-15(10-4-1)18(16-11-5-2-6-12-16)24-19-20-21-22-23(19)17-13-7-8-14-17/h1-6,9-12,17-18H,7-8,13-14H2. The van der Waals surface area contributed by atoms with Crippen LogP contribution in [0.4, 0.5) is 0 Å². The third kappa shape index (κ3) is 3.22. The second-order valence-corrected chi connectivity index (χ2v) is 7.24. The number of nitrogens with zero attached hydrogens (tertiary/aromatic N) is 4. The Morgan fingerprint density at radius 2 is 1.46 bits per heavy atom. The molecular formula is C19H20N4S. The molecule has 1 aromatic heterocycles. The molecule has 1 aliphatic carbocycles. The second-order valence-electron chi connectivity index (χ2n) is 6.16. The van der Waals surface area contributed by atoms with Crippen LogP contribution in [0.1, 0.15) is 48.1 Å². The lowest BCUT2D eigenvalue weighted by Crippen LogP contribution is -2.09. The van der Waals surface area contributed by atoms with Gasteiger partial charge in [-0.3, -0.25) is 0 Å². The van der Waals surface area contributed by atoms with Crippen LogP contribution in [0.3, 0.4) is 0 Å². The first-order chi connectivity index (χ1) is 11.9. The third-order valence-corrected chi connectivity index (χ3v) is 5.82. The lowest BCUT2D eigenvalue weighted by Gasteiger charge is -2.18. The highest BCUT2D eigenvalue weighted by Gasteiger charge is 2.25. The Kier molecular flexibility index (Phi) is 4.60. The van der Waals surface area contributed by atoms with Gasteiger partial charge in [0.15, 0.2) is 0 Å². The highest BCUT2D eigenvalue weighted by atomic mass is 32.2. The first kappa shape index (κ1) is 15.4. The molecule has 1 fully saturated rings. The van der Waals surface area contributed by atoms with E-state index in [1.54, 1.807) is 11.8 Å². The van der Waals surface area contributed by atoms with Gasteiger partial charge in [0.1, 0.15) is 0 Å². The molecule has 4 nitrogen and oxygen atoms in total. The molecule has 1 aliphatic rings. The summed E-state index contributed by atoms with van der Waals surface area (Å²) in [6.07, 6.45) is 4.91. The number of rotatable bonds is 5. The Morgan fingerprint density at radius 1 is 0.875 bits per heavy atom. The van der Waals surface area contributed by atoms with Crippen molar-refractivity contribution in [2.45, 2.75) is 42.1 Å². The van der Waals surface area contributed by atoms with Gasteiger partial charge in [-0.05, 0) is 34.4 Å². The normalized spacial score (nSPS) is 15.2. The summed E-state index contributed by atoms with van der Waals surface area (Å²) in [6.45, 7) is 0. The summed E-state index contributed by atoms with van der Waals surface area (Å²) in [4.78, 5) is 0. The Morgan fingerprint density at radius 3 is 2.04 bits per heavy atom. The van der Waals surface area contributed by atoms with Crippen molar-refractivity contribution in [3.05, 3.63) is 71.8 Å². The average molecular weight is 336 g/mol. The van der Waals surface area contributed by atoms with Crippen LogP contribution in [0, 0.1) is 0 Å². The van der Waals surface area contributed by atoms with E-state index in [4.69, 9.17) is 0 Å². The van der Waals surface area contributed by atoms with Crippen molar-refractivity contribution in [3.63, 3.8) is 0 Å². The first-order valence-electron chi connectivity index (χ1n) is 8.46. The maximum Gasteiger partial charge on any atom is 0.210 e. The molecule has 0 unspecified atom stereocenters. The molecule has 1 saturated carbocycles. The van der Waals surface area contributed by atoms with Crippen LogP contribution < -0.4 is 0 Å². The van der Waals surface area contributed by atoms with Crippen LogP contribution >= 0.6 is 11.8 Å². The fraction of sp³-hybridized carbons (Fsp3) is 0.316. The Hall–Kier alpha value is -2.14. The molecule has 1 heterocycles. The SMILES string of the molecule is c1ccc(C(Sc2nnnn2C2CCCC2)c2ccccc2)cc1. The molecule has 2 aromatic carbocycles. The molecule has 0 saturated heterocycles. The number of aromatic nitrogens is 4. The molecule has 0 amide bonds. The summed E-state index contributed by atoms with van der Waals surface area (Å²) < 4.78 is 2.04. The monoisotopic (exact) mass is 336 g/mol. The van der Waals surface area contributed by atoms with Gasteiger partial charge in [-0.15, -0.1) is 5.10 Å². The molecule has 0 spiro atoms. The minimum Gasteiger partial charge on any atom is -0.217 e. The van der Waals surface area contributed by atoms with Crippen LogP contribution in [0.15, 0.2) is 65.8 Å². The zero-order valence-corrected chi connectivity index (χ0v) is 14.3. The highest BCUT2D eigenvalue weighted by Crippen LogP contribution is 2.41. The van der Waals surface area contributed by atoms with Crippen LogP contribution in [0.25, 0.3) is 0 Å². The van der Waals surface area contributed by atoms with Gasteiger partial charge in [-0.25, -0.2) is 4.68 Å². The van der Waals surface area contributed by atoms with Gasteiger partial charge in [0, 0.05) is 0 Å². The lowest BCUT2D eigenvalue weighted by atomic mass is 10.0. The van der Waals surface area contributed by atoms with Crippen molar-refractivity contribution < 1.29 is 0 Å². The van der Waals surface area contributed by atoms with Crippen LogP contribution in [-0.2, 0) is 0 Å². The number of benzene rings is 2. The number of thioether (sulfide) groups is 1. The van der Waals surface area contributed by atoms with E-state index in [0.717, 1.165) is 5.16 Å². The number of tetrazole rings is 1. The van der Waals surface area contributed by atoms with Crippen molar-refractivity contribution in [3.8, 4) is 0 Å². The summed E-state index contributed by atoms with van der Waals surface area (Å²) >= 11 is 1.74. The molecular weight excluding hydrogens is 316 g/mol. The van der Waals surface area contributed by atoms with Gasteiger partial charge < -0.3 is 0 Å². The maximum atomic E-state index is 4.32. The van der Waals surface area contributed by atoms with Gasteiger partial charge in [0.2, 0.25) is 5.16 Å². The topological polar surface area (TPSA) is 43.6 Å².